The van der Waals surface area contributed by atoms with Gasteiger partial charge in [-0.15, -0.1) is 0 Å². The lowest BCUT2D eigenvalue weighted by Crippen LogP contribution is -2.45. The quantitative estimate of drug-likeness (QED) is 0.645. The number of benzene rings is 2. The Morgan fingerprint density at radius 3 is 2.60 bits per heavy atom. The molecule has 1 heterocycles. The number of amides is 2. The van der Waals surface area contributed by atoms with Crippen molar-refractivity contribution in [2.45, 2.75) is 31.2 Å². The lowest BCUT2D eigenvalue weighted by Gasteiger charge is -2.31. The Labute approximate surface area is 185 Å². The highest BCUT2D eigenvalue weighted by Crippen LogP contribution is 2.25. The van der Waals surface area contributed by atoms with Crippen LogP contribution in [0.3, 0.4) is 0 Å². The second-order valence-corrected chi connectivity index (χ2v) is 10.1. The van der Waals surface area contributed by atoms with E-state index in [2.05, 4.69) is 26.6 Å². The number of nitrogens with one attached hydrogen (secondary N) is 2. The molecule has 2 N–H and O–H groups in total. The molecular formula is C21H24BrN3O4S. The molecule has 0 bridgehead atoms. The molecule has 0 aliphatic carbocycles. The SMILES string of the molecule is CC(=O)Nc1cccc(CNC(=O)C2CCCN(S(=O)(=O)c3ccc(Br)cc3)C2)c1. The third-order valence-electron chi connectivity index (χ3n) is 4.92. The summed E-state index contributed by atoms with van der Waals surface area (Å²) in [6.07, 6.45) is 1.27. The van der Waals surface area contributed by atoms with Crippen molar-refractivity contribution >= 4 is 43.5 Å². The molecule has 0 aromatic heterocycles. The van der Waals surface area contributed by atoms with E-state index in [4.69, 9.17) is 0 Å². The molecule has 2 aromatic rings. The van der Waals surface area contributed by atoms with Crippen molar-refractivity contribution in [1.82, 2.24) is 9.62 Å². The number of carbonyl (C=O) groups excluding carboxylic acids is 2. The maximum Gasteiger partial charge on any atom is 0.243 e. The highest BCUT2D eigenvalue weighted by Gasteiger charge is 2.33. The first-order valence-electron chi connectivity index (χ1n) is 9.65. The van der Waals surface area contributed by atoms with Crippen LogP contribution in [0.2, 0.25) is 0 Å². The zero-order valence-electron chi connectivity index (χ0n) is 16.6. The number of halogens is 1. The maximum atomic E-state index is 12.9. The van der Waals surface area contributed by atoms with E-state index in [1.165, 1.54) is 11.2 Å². The van der Waals surface area contributed by atoms with Crippen LogP contribution in [0.1, 0.15) is 25.3 Å². The van der Waals surface area contributed by atoms with Gasteiger partial charge in [0.1, 0.15) is 0 Å². The minimum Gasteiger partial charge on any atom is -0.352 e. The van der Waals surface area contributed by atoms with Gasteiger partial charge in [-0.2, -0.15) is 4.31 Å². The third-order valence-corrected chi connectivity index (χ3v) is 7.33. The summed E-state index contributed by atoms with van der Waals surface area (Å²) >= 11 is 3.31. The zero-order valence-corrected chi connectivity index (χ0v) is 19.0. The van der Waals surface area contributed by atoms with Crippen LogP contribution >= 0.6 is 15.9 Å². The fraction of sp³-hybridized carbons (Fsp3) is 0.333. The van der Waals surface area contributed by atoms with E-state index in [1.807, 2.05) is 6.07 Å². The molecule has 30 heavy (non-hydrogen) atoms. The Balaban J connectivity index is 1.62. The number of nitrogens with zero attached hydrogens (tertiary/aromatic N) is 1. The van der Waals surface area contributed by atoms with Crippen molar-refractivity contribution < 1.29 is 18.0 Å². The monoisotopic (exact) mass is 493 g/mol. The fourth-order valence-electron chi connectivity index (χ4n) is 3.43. The standard InChI is InChI=1S/C21H24BrN3O4S/c1-15(26)24-19-6-2-4-16(12-19)13-23-21(27)17-5-3-11-25(14-17)30(28,29)20-9-7-18(22)8-10-20/h2,4,6-10,12,17H,3,5,11,13-14H2,1H3,(H,23,27)(H,24,26). The highest BCUT2D eigenvalue weighted by atomic mass is 79.9. The Hall–Kier alpha value is -2.23. The first-order chi connectivity index (χ1) is 14.3. The van der Waals surface area contributed by atoms with Crippen molar-refractivity contribution in [2.75, 3.05) is 18.4 Å². The fourth-order valence-corrected chi connectivity index (χ4v) is 5.21. The van der Waals surface area contributed by atoms with Crippen LogP contribution in [0.15, 0.2) is 57.9 Å². The van der Waals surface area contributed by atoms with Gasteiger partial charge in [0, 0.05) is 36.7 Å². The molecule has 2 amide bonds. The normalized spacial score (nSPS) is 17.3. The number of anilines is 1. The van der Waals surface area contributed by atoms with E-state index in [9.17, 15) is 18.0 Å². The van der Waals surface area contributed by atoms with Crippen molar-refractivity contribution in [3.8, 4) is 0 Å². The smallest absolute Gasteiger partial charge is 0.243 e. The Bertz CT molecular complexity index is 1020. The molecule has 160 valence electrons. The molecular weight excluding hydrogens is 470 g/mol. The zero-order chi connectivity index (χ0) is 21.7. The summed E-state index contributed by atoms with van der Waals surface area (Å²) in [6.45, 7) is 2.31. The van der Waals surface area contributed by atoms with Crippen LogP contribution in [0.25, 0.3) is 0 Å². The predicted octanol–water partition coefficient (Wildman–Crippen LogP) is 3.12. The summed E-state index contributed by atoms with van der Waals surface area (Å²) in [7, 11) is -3.64. The number of sulfonamides is 1. The van der Waals surface area contributed by atoms with E-state index in [0.29, 0.717) is 31.6 Å². The molecule has 1 saturated heterocycles. The summed E-state index contributed by atoms with van der Waals surface area (Å²) in [5, 5.41) is 5.60. The van der Waals surface area contributed by atoms with Gasteiger partial charge in [0.25, 0.3) is 0 Å². The van der Waals surface area contributed by atoms with Crippen molar-refractivity contribution in [1.29, 1.82) is 0 Å². The second-order valence-electron chi connectivity index (χ2n) is 7.26. The summed E-state index contributed by atoms with van der Waals surface area (Å²) < 4.78 is 28.0. The topological polar surface area (TPSA) is 95.6 Å². The molecule has 1 aliphatic rings. The minimum atomic E-state index is -3.64. The Morgan fingerprint density at radius 2 is 1.90 bits per heavy atom. The summed E-state index contributed by atoms with van der Waals surface area (Å²) in [5.41, 5.74) is 1.52. The van der Waals surface area contributed by atoms with Crippen LogP contribution in [0.5, 0.6) is 0 Å². The van der Waals surface area contributed by atoms with Crippen molar-refractivity contribution in [2.24, 2.45) is 5.92 Å². The molecule has 1 atom stereocenters. The molecule has 1 fully saturated rings. The lowest BCUT2D eigenvalue weighted by atomic mass is 9.98. The van der Waals surface area contributed by atoms with Crippen LogP contribution in [0.4, 0.5) is 5.69 Å². The first kappa shape index (κ1) is 22.5. The van der Waals surface area contributed by atoms with Gasteiger partial charge in [0.15, 0.2) is 0 Å². The minimum absolute atomic E-state index is 0.162. The van der Waals surface area contributed by atoms with Gasteiger partial charge in [-0.25, -0.2) is 8.42 Å². The largest absolute Gasteiger partial charge is 0.352 e. The van der Waals surface area contributed by atoms with Crippen molar-refractivity contribution in [3.63, 3.8) is 0 Å². The number of hydrogen-bond donors (Lipinski definition) is 2. The average molecular weight is 494 g/mol. The average Bonchev–Trinajstić information content (AvgIpc) is 2.72. The van der Waals surface area contributed by atoms with Gasteiger partial charge in [-0.1, -0.05) is 28.1 Å². The Kier molecular flexibility index (Phi) is 7.27. The summed E-state index contributed by atoms with van der Waals surface area (Å²) in [5.74, 6) is -0.733. The Morgan fingerprint density at radius 1 is 1.17 bits per heavy atom. The van der Waals surface area contributed by atoms with Crippen molar-refractivity contribution in [3.05, 3.63) is 58.6 Å². The van der Waals surface area contributed by atoms with E-state index in [1.54, 1.807) is 42.5 Å². The van der Waals surface area contributed by atoms with E-state index in [0.717, 1.165) is 10.0 Å². The lowest BCUT2D eigenvalue weighted by molar-refractivity contribution is -0.126. The van der Waals surface area contributed by atoms with E-state index < -0.39 is 15.9 Å². The summed E-state index contributed by atoms with van der Waals surface area (Å²) in [4.78, 5) is 24.1. The van der Waals surface area contributed by atoms with Gasteiger partial charge >= 0.3 is 0 Å². The van der Waals surface area contributed by atoms with Crippen LogP contribution < -0.4 is 10.6 Å². The molecule has 2 aromatic carbocycles. The molecule has 1 unspecified atom stereocenters. The molecule has 0 saturated carbocycles. The van der Waals surface area contributed by atoms with Crippen LogP contribution in [-0.2, 0) is 26.2 Å². The van der Waals surface area contributed by atoms with Crippen LogP contribution in [0, 0.1) is 5.92 Å². The van der Waals surface area contributed by atoms with Gasteiger partial charge < -0.3 is 10.6 Å². The predicted molar refractivity (Wildman–Crippen MR) is 118 cm³/mol. The molecule has 0 radical (unpaired) electrons. The molecule has 3 rings (SSSR count). The molecule has 7 nitrogen and oxygen atoms in total. The van der Waals surface area contributed by atoms with E-state index in [-0.39, 0.29) is 23.3 Å². The maximum absolute atomic E-state index is 12.9. The third kappa shape index (κ3) is 5.68. The first-order valence-corrected chi connectivity index (χ1v) is 11.9. The number of carbonyl (C=O) groups is 2. The number of rotatable bonds is 6. The second kappa shape index (κ2) is 9.72. The summed E-state index contributed by atoms with van der Waals surface area (Å²) in [6, 6.07) is 13.7. The number of piperidine rings is 1. The number of hydrogen-bond acceptors (Lipinski definition) is 4. The highest BCUT2D eigenvalue weighted by molar-refractivity contribution is 9.10. The van der Waals surface area contributed by atoms with Crippen LogP contribution in [-0.4, -0.2) is 37.6 Å². The van der Waals surface area contributed by atoms with E-state index >= 15 is 0 Å². The molecule has 0 spiro atoms. The van der Waals surface area contributed by atoms with Gasteiger partial charge in [-0.05, 0) is 54.8 Å². The van der Waals surface area contributed by atoms with Gasteiger partial charge in [0.2, 0.25) is 21.8 Å². The van der Waals surface area contributed by atoms with Gasteiger partial charge in [-0.3, -0.25) is 9.59 Å². The molecule has 9 heteroatoms. The molecule has 1 aliphatic heterocycles. The van der Waals surface area contributed by atoms with Gasteiger partial charge in [0.05, 0.1) is 10.8 Å².